The second-order valence-electron chi connectivity index (χ2n) is 25.6. The zero-order valence-electron chi connectivity index (χ0n) is 53.8. The zero-order chi connectivity index (χ0) is 66.7. The molecule has 0 aromatic heterocycles. The van der Waals surface area contributed by atoms with Crippen LogP contribution in [0.2, 0.25) is 0 Å². The van der Waals surface area contributed by atoms with Crippen LogP contribution in [0.4, 0.5) is 0 Å². The molecule has 0 aromatic carbocycles. The number of ether oxygens (including phenoxy) is 2. The maximum absolute atomic E-state index is 13.8. The number of nitrogens with one attached hydrogen (secondary N) is 1. The molecule has 1 amide bonds. The second-order valence-corrected chi connectivity index (χ2v) is 28.5. The van der Waals surface area contributed by atoms with Crippen molar-refractivity contribution in [2.45, 2.75) is 374 Å². The third-order valence-corrected chi connectivity index (χ3v) is 19.9. The molecule has 5 unspecified atom stereocenters. The van der Waals surface area contributed by atoms with E-state index in [1.807, 2.05) is 0 Å². The first-order valence-corrected chi connectivity index (χ1v) is 37.3. The van der Waals surface area contributed by atoms with Crippen molar-refractivity contribution in [1.29, 1.82) is 0 Å². The van der Waals surface area contributed by atoms with Crippen molar-refractivity contribution in [2.24, 2.45) is 0 Å². The van der Waals surface area contributed by atoms with E-state index in [9.17, 15) is 95.2 Å². The number of aliphatic hydroxyl groups excluding tert-OH is 14. The molecule has 0 spiro atoms. The van der Waals surface area contributed by atoms with Crippen LogP contribution in [-0.4, -0.2) is 223 Å². The van der Waals surface area contributed by atoms with Crippen LogP contribution < -0.4 is 5.32 Å². The van der Waals surface area contributed by atoms with Crippen molar-refractivity contribution in [3.05, 3.63) is 0 Å². The highest BCUT2D eigenvalue weighted by Crippen LogP contribution is 2.49. The SMILES string of the molecule is CCCCCCCCCCCCCCCCCCCCCCCC[C@H](O)C(=O)N[C@@H](COP(=O)(O)O[C@@H]1[C@H](O)[C@H](O)[C@@H](O)[C@H](O)[C@H]1OC1O[C@H](COP(=O)(O)OC2[C@H](O)[C@H](O)C(O)[C@H](O)[C@H]2O)[C@@H](O)[C@H](O)[C@@H]1O)[C@H](O)CCCCCCCCCCCCCCC. The quantitative estimate of drug-likeness (QED) is 0.0277. The Morgan fingerprint density at radius 1 is 0.400 bits per heavy atom. The average molecular weight is 1340 g/mol. The van der Waals surface area contributed by atoms with Gasteiger partial charge in [0, 0.05) is 0 Å². The van der Waals surface area contributed by atoms with Gasteiger partial charge >= 0.3 is 15.6 Å². The Kier molecular flexibility index (Phi) is 42.8. The standard InChI is InChI=1S/C62H121NO25P2/c1-3-5-7-9-11-13-15-17-18-19-20-21-22-23-24-25-27-29-31-33-35-37-39-44(65)61(78)63-42(43(64)38-36-34-32-30-28-26-16-14-12-10-8-6-4-2)40-83-89(79,80)88-60-56(76)52(72)51(71)55(75)59(60)86-62-57(77)47(67)46(66)45(85-62)41-84-90(81,82)87-58-53(73)49(69)48(68)50(70)54(58)74/h42-60,62,64-77H,3-41H2,1-2H3,(H,63,78)(H,79,80)(H,81,82)/t42-,43+,44-,45+,46+,47-,48?,49-,50+,51+,52+,53+,54+,55-,56+,57-,58?,59+,60+,62?/m0/s1. The van der Waals surface area contributed by atoms with Crippen LogP contribution in [-0.2, 0) is 41.5 Å². The highest BCUT2D eigenvalue weighted by Gasteiger charge is 2.56. The fourth-order valence-electron chi connectivity index (χ4n) is 12.0. The van der Waals surface area contributed by atoms with Gasteiger partial charge in [0.1, 0.15) is 104 Å². The summed E-state index contributed by atoms with van der Waals surface area (Å²) in [5.74, 6) is -0.875. The molecular formula is C62H121NO25P2. The number of phosphoric acid groups is 2. The van der Waals surface area contributed by atoms with E-state index in [4.69, 9.17) is 27.6 Å². The van der Waals surface area contributed by atoms with E-state index >= 15 is 0 Å². The summed E-state index contributed by atoms with van der Waals surface area (Å²) >= 11 is 0. The van der Waals surface area contributed by atoms with E-state index < -0.39 is 157 Å². The van der Waals surface area contributed by atoms with Crippen LogP contribution in [0.1, 0.15) is 251 Å². The van der Waals surface area contributed by atoms with Crippen molar-refractivity contribution >= 4 is 21.6 Å². The first kappa shape index (κ1) is 83.3. The minimum atomic E-state index is -5.58. The Hall–Kier alpha value is -0.950. The van der Waals surface area contributed by atoms with Gasteiger partial charge in [-0.2, -0.15) is 0 Å². The number of phosphoric ester groups is 2. The van der Waals surface area contributed by atoms with Gasteiger partial charge in [0.2, 0.25) is 5.91 Å². The van der Waals surface area contributed by atoms with Crippen LogP contribution >= 0.6 is 15.6 Å². The highest BCUT2D eigenvalue weighted by molar-refractivity contribution is 7.47. The Morgan fingerprint density at radius 2 is 0.711 bits per heavy atom. The third-order valence-electron chi connectivity index (χ3n) is 17.9. The molecule has 90 heavy (non-hydrogen) atoms. The van der Waals surface area contributed by atoms with Gasteiger partial charge in [-0.3, -0.25) is 22.9 Å². The lowest BCUT2D eigenvalue weighted by Gasteiger charge is -2.47. The lowest BCUT2D eigenvalue weighted by molar-refractivity contribution is -0.337. The molecular weight excluding hydrogens is 1220 g/mol. The van der Waals surface area contributed by atoms with Gasteiger partial charge in [-0.15, -0.1) is 0 Å². The second kappa shape index (κ2) is 46.3. The number of amides is 1. The summed E-state index contributed by atoms with van der Waals surface area (Å²) < 4.78 is 57.9. The predicted octanol–water partition coefficient (Wildman–Crippen LogP) is 5.14. The normalized spacial score (nSPS) is 31.4. The lowest BCUT2D eigenvalue weighted by Crippen LogP contribution is -2.67. The first-order valence-electron chi connectivity index (χ1n) is 34.3. The number of hydrogen-bond acceptors (Lipinski definition) is 23. The maximum atomic E-state index is 13.8. The van der Waals surface area contributed by atoms with Gasteiger partial charge in [-0.25, -0.2) is 9.13 Å². The number of carbonyl (C=O) groups is 1. The maximum Gasteiger partial charge on any atom is 0.472 e. The minimum absolute atomic E-state index is 0.104. The largest absolute Gasteiger partial charge is 0.472 e. The first-order chi connectivity index (χ1) is 42.9. The van der Waals surface area contributed by atoms with Gasteiger partial charge in [-0.1, -0.05) is 239 Å². The van der Waals surface area contributed by atoms with E-state index in [-0.39, 0.29) is 12.8 Å². The van der Waals surface area contributed by atoms with Gasteiger partial charge < -0.3 is 96.1 Å². The summed E-state index contributed by atoms with van der Waals surface area (Å²) in [5, 5.41) is 151. The molecule has 1 aliphatic heterocycles. The van der Waals surface area contributed by atoms with Gasteiger partial charge in [-0.05, 0) is 12.8 Å². The Morgan fingerprint density at radius 3 is 1.11 bits per heavy atom. The number of aliphatic hydroxyl groups is 14. The van der Waals surface area contributed by atoms with E-state index in [1.54, 1.807) is 0 Å². The smallest absolute Gasteiger partial charge is 0.391 e. The van der Waals surface area contributed by atoms with Gasteiger partial charge in [0.05, 0.1) is 25.4 Å². The van der Waals surface area contributed by atoms with Crippen LogP contribution in [0.3, 0.4) is 0 Å². The molecule has 28 heteroatoms. The molecule has 1 saturated heterocycles. The summed E-state index contributed by atoms with van der Waals surface area (Å²) in [6, 6.07) is -1.42. The van der Waals surface area contributed by atoms with E-state index in [1.165, 1.54) is 148 Å². The van der Waals surface area contributed by atoms with Crippen molar-refractivity contribution < 1.29 is 123 Å². The third kappa shape index (κ3) is 31.1. The van der Waals surface area contributed by atoms with E-state index in [0.717, 1.165) is 64.2 Å². The molecule has 17 N–H and O–H groups in total. The molecule has 3 fully saturated rings. The molecule has 22 atom stereocenters. The number of carbonyl (C=O) groups excluding carboxylic acids is 1. The fraction of sp³-hybridized carbons (Fsp3) is 0.984. The van der Waals surface area contributed by atoms with Gasteiger partial charge in [0.25, 0.3) is 0 Å². The molecule has 2 aliphatic carbocycles. The van der Waals surface area contributed by atoms with Crippen molar-refractivity contribution in [3.8, 4) is 0 Å². The lowest BCUT2D eigenvalue weighted by atomic mass is 9.84. The van der Waals surface area contributed by atoms with Crippen LogP contribution in [0.25, 0.3) is 0 Å². The van der Waals surface area contributed by atoms with E-state index in [0.29, 0.717) is 12.8 Å². The topological polar surface area (TPSA) is 442 Å². The molecule has 534 valence electrons. The van der Waals surface area contributed by atoms with Crippen molar-refractivity contribution in [3.63, 3.8) is 0 Å². The molecule has 3 rings (SSSR count). The Bertz CT molecular complexity index is 1920. The summed E-state index contributed by atoms with van der Waals surface area (Å²) in [6.45, 7) is 2.27. The molecule has 1 heterocycles. The van der Waals surface area contributed by atoms with Crippen molar-refractivity contribution in [1.82, 2.24) is 5.32 Å². The summed E-state index contributed by atoms with van der Waals surface area (Å²) in [6.07, 6.45) is -0.209. The monoisotopic (exact) mass is 1340 g/mol. The number of unbranched alkanes of at least 4 members (excludes halogenated alkanes) is 33. The summed E-state index contributed by atoms with van der Waals surface area (Å²) in [5.41, 5.74) is 0. The average Bonchev–Trinajstić information content (AvgIpc) is 1.00. The fourth-order valence-corrected chi connectivity index (χ4v) is 13.9. The molecule has 2 saturated carbocycles. The predicted molar refractivity (Wildman–Crippen MR) is 333 cm³/mol. The molecule has 26 nitrogen and oxygen atoms in total. The molecule has 0 radical (unpaired) electrons. The van der Waals surface area contributed by atoms with Crippen LogP contribution in [0.5, 0.6) is 0 Å². The Balaban J connectivity index is 1.56. The summed E-state index contributed by atoms with van der Waals surface area (Å²) in [7, 11) is -11.1. The Labute approximate surface area is 534 Å². The highest BCUT2D eigenvalue weighted by atomic mass is 31.2. The van der Waals surface area contributed by atoms with Crippen LogP contribution in [0, 0.1) is 0 Å². The number of rotatable bonds is 52. The zero-order valence-corrected chi connectivity index (χ0v) is 55.6. The molecule has 0 bridgehead atoms. The minimum Gasteiger partial charge on any atom is -0.391 e. The van der Waals surface area contributed by atoms with E-state index in [2.05, 4.69) is 19.2 Å². The van der Waals surface area contributed by atoms with Crippen molar-refractivity contribution in [2.75, 3.05) is 13.2 Å². The molecule has 0 aromatic rings. The molecule has 3 aliphatic rings. The summed E-state index contributed by atoms with van der Waals surface area (Å²) in [4.78, 5) is 35.0. The van der Waals surface area contributed by atoms with Gasteiger partial charge in [0.15, 0.2) is 6.29 Å². The number of hydrogen-bond donors (Lipinski definition) is 17. The van der Waals surface area contributed by atoms with Crippen LogP contribution in [0.15, 0.2) is 0 Å².